The molecule has 0 spiro atoms. The fourth-order valence-electron chi connectivity index (χ4n) is 2.93. The number of hydrogen-bond donors (Lipinski definition) is 1. The normalized spacial score (nSPS) is 11.6. The first kappa shape index (κ1) is 19.5. The summed E-state index contributed by atoms with van der Waals surface area (Å²) in [7, 11) is 3.55. The molecule has 1 heterocycles. The zero-order valence-electron chi connectivity index (χ0n) is 16.2. The zero-order chi connectivity index (χ0) is 19.8. The number of imidazole rings is 1. The van der Waals surface area contributed by atoms with E-state index < -0.39 is 0 Å². The number of carbonyl (C=O) groups excluding carboxylic acids is 1. The molecule has 0 bridgehead atoms. The smallest absolute Gasteiger partial charge is 0.220 e. The van der Waals surface area contributed by atoms with Crippen molar-refractivity contribution >= 4 is 5.91 Å². The molecule has 3 rings (SSSR count). The van der Waals surface area contributed by atoms with Crippen LogP contribution in [0, 0.1) is 0 Å². The lowest BCUT2D eigenvalue weighted by Crippen LogP contribution is -2.31. The van der Waals surface area contributed by atoms with E-state index in [4.69, 9.17) is 9.47 Å². The summed E-state index contributed by atoms with van der Waals surface area (Å²) < 4.78 is 12.7. The number of nitrogens with one attached hydrogen (secondary N) is 1. The third-order valence-electron chi connectivity index (χ3n) is 4.43. The fraction of sp³-hybridized carbons (Fsp3) is 0.273. The lowest BCUT2D eigenvalue weighted by molar-refractivity contribution is -0.121. The van der Waals surface area contributed by atoms with Crippen molar-refractivity contribution < 1.29 is 14.3 Å². The summed E-state index contributed by atoms with van der Waals surface area (Å²) in [6, 6.07) is 17.0. The number of aryl methyl sites for hydroxylation is 1. The molecule has 28 heavy (non-hydrogen) atoms. The Labute approximate surface area is 165 Å². The maximum absolute atomic E-state index is 12.5. The molecule has 1 unspecified atom stereocenters. The first-order valence-corrected chi connectivity index (χ1v) is 9.26. The molecule has 3 aromatic rings. The molecule has 146 valence electrons. The number of ether oxygens (including phenoxy) is 2. The summed E-state index contributed by atoms with van der Waals surface area (Å²) in [5.41, 5.74) is 1.000. The van der Waals surface area contributed by atoms with Gasteiger partial charge in [-0.3, -0.25) is 4.79 Å². The summed E-state index contributed by atoms with van der Waals surface area (Å²) in [5.74, 6) is 2.31. The van der Waals surface area contributed by atoms with Crippen LogP contribution >= 0.6 is 0 Å². The molecule has 1 atom stereocenters. The van der Waals surface area contributed by atoms with Gasteiger partial charge in [-0.05, 0) is 36.2 Å². The van der Waals surface area contributed by atoms with Crippen molar-refractivity contribution in [2.24, 2.45) is 7.05 Å². The van der Waals surface area contributed by atoms with E-state index in [0.29, 0.717) is 19.4 Å². The third-order valence-corrected chi connectivity index (χ3v) is 4.43. The Morgan fingerprint density at radius 1 is 1.11 bits per heavy atom. The molecule has 0 saturated heterocycles. The van der Waals surface area contributed by atoms with Crippen molar-refractivity contribution in [1.29, 1.82) is 0 Å². The van der Waals surface area contributed by atoms with Gasteiger partial charge in [-0.15, -0.1) is 0 Å². The standard InChI is InChI=1S/C22H25N3O3/c1-25-15-14-23-22(25)21(17-7-4-3-5-8-17)24-20(26)9-6-16-28-19-12-10-18(27-2)11-13-19/h3-5,7-8,10-15,21H,6,9,16H2,1-2H3,(H,24,26). The largest absolute Gasteiger partial charge is 0.497 e. The van der Waals surface area contributed by atoms with Crippen molar-refractivity contribution in [3.63, 3.8) is 0 Å². The summed E-state index contributed by atoms with van der Waals surface area (Å²) in [5, 5.41) is 3.10. The van der Waals surface area contributed by atoms with Gasteiger partial charge in [0, 0.05) is 25.9 Å². The van der Waals surface area contributed by atoms with Crippen LogP contribution in [0.1, 0.15) is 30.3 Å². The molecule has 6 heteroatoms. The molecule has 0 fully saturated rings. The van der Waals surface area contributed by atoms with Crippen LogP contribution in [-0.2, 0) is 11.8 Å². The molecule has 0 aliphatic heterocycles. The van der Waals surface area contributed by atoms with E-state index >= 15 is 0 Å². The highest BCUT2D eigenvalue weighted by Gasteiger charge is 2.20. The van der Waals surface area contributed by atoms with Gasteiger partial charge in [-0.1, -0.05) is 30.3 Å². The van der Waals surface area contributed by atoms with Crippen LogP contribution < -0.4 is 14.8 Å². The number of carbonyl (C=O) groups is 1. The molecule has 1 amide bonds. The van der Waals surface area contributed by atoms with Gasteiger partial charge in [0.05, 0.1) is 13.7 Å². The first-order chi connectivity index (χ1) is 13.7. The van der Waals surface area contributed by atoms with Crippen LogP contribution in [0.5, 0.6) is 11.5 Å². The second-order valence-corrected chi connectivity index (χ2v) is 6.44. The van der Waals surface area contributed by atoms with Crippen molar-refractivity contribution in [1.82, 2.24) is 14.9 Å². The molecular weight excluding hydrogens is 354 g/mol. The first-order valence-electron chi connectivity index (χ1n) is 9.26. The average molecular weight is 379 g/mol. The van der Waals surface area contributed by atoms with Crippen LogP contribution in [0.25, 0.3) is 0 Å². The predicted molar refractivity (Wildman–Crippen MR) is 107 cm³/mol. The topological polar surface area (TPSA) is 65.4 Å². The van der Waals surface area contributed by atoms with Gasteiger partial charge >= 0.3 is 0 Å². The van der Waals surface area contributed by atoms with Gasteiger partial charge in [-0.2, -0.15) is 0 Å². The number of nitrogens with zero attached hydrogens (tertiary/aromatic N) is 2. The monoisotopic (exact) mass is 379 g/mol. The van der Waals surface area contributed by atoms with Gasteiger partial charge in [0.15, 0.2) is 0 Å². The highest BCUT2D eigenvalue weighted by Crippen LogP contribution is 2.20. The van der Waals surface area contributed by atoms with Crippen LogP contribution in [-0.4, -0.2) is 29.2 Å². The average Bonchev–Trinajstić information content (AvgIpc) is 3.16. The van der Waals surface area contributed by atoms with E-state index in [9.17, 15) is 4.79 Å². The number of aromatic nitrogens is 2. The second-order valence-electron chi connectivity index (χ2n) is 6.44. The molecule has 6 nitrogen and oxygen atoms in total. The molecule has 2 aromatic carbocycles. The van der Waals surface area contributed by atoms with Crippen molar-refractivity contribution in [2.45, 2.75) is 18.9 Å². The van der Waals surface area contributed by atoms with Crippen LogP contribution in [0.3, 0.4) is 0 Å². The summed E-state index contributed by atoms with van der Waals surface area (Å²) >= 11 is 0. The van der Waals surface area contributed by atoms with Gasteiger partial charge in [0.1, 0.15) is 23.4 Å². The molecule has 1 aromatic heterocycles. The SMILES string of the molecule is COc1ccc(OCCCC(=O)NC(c2ccccc2)c2nccn2C)cc1. The summed E-state index contributed by atoms with van der Waals surface area (Å²) in [6.45, 7) is 0.470. The lowest BCUT2D eigenvalue weighted by Gasteiger charge is -2.19. The Kier molecular flexibility index (Phi) is 6.68. The zero-order valence-corrected chi connectivity index (χ0v) is 16.2. The maximum atomic E-state index is 12.5. The van der Waals surface area contributed by atoms with Gasteiger partial charge in [0.25, 0.3) is 0 Å². The highest BCUT2D eigenvalue weighted by atomic mass is 16.5. The number of benzene rings is 2. The Hall–Kier alpha value is -3.28. The summed E-state index contributed by atoms with van der Waals surface area (Å²) in [6.07, 6.45) is 4.62. The van der Waals surface area contributed by atoms with E-state index in [-0.39, 0.29) is 11.9 Å². The number of amides is 1. The van der Waals surface area contributed by atoms with Crippen molar-refractivity contribution in [2.75, 3.05) is 13.7 Å². The predicted octanol–water partition coefficient (Wildman–Crippen LogP) is 3.49. The van der Waals surface area contributed by atoms with Crippen molar-refractivity contribution in [3.05, 3.63) is 78.4 Å². The summed E-state index contributed by atoms with van der Waals surface area (Å²) in [4.78, 5) is 16.9. The van der Waals surface area contributed by atoms with E-state index in [1.54, 1.807) is 13.3 Å². The van der Waals surface area contributed by atoms with E-state index in [1.807, 2.05) is 72.4 Å². The molecule has 1 N–H and O–H groups in total. The Morgan fingerprint density at radius 3 is 2.46 bits per heavy atom. The van der Waals surface area contributed by atoms with E-state index in [0.717, 1.165) is 22.9 Å². The molecule has 0 radical (unpaired) electrons. The van der Waals surface area contributed by atoms with Crippen LogP contribution in [0.4, 0.5) is 0 Å². The third kappa shape index (κ3) is 5.13. The Balaban J connectivity index is 1.53. The van der Waals surface area contributed by atoms with Crippen LogP contribution in [0.15, 0.2) is 67.0 Å². The number of rotatable bonds is 9. The van der Waals surface area contributed by atoms with Crippen molar-refractivity contribution in [3.8, 4) is 11.5 Å². The second kappa shape index (κ2) is 9.60. The van der Waals surface area contributed by atoms with Gasteiger partial charge in [0.2, 0.25) is 5.91 Å². The number of methoxy groups -OCH3 is 1. The Morgan fingerprint density at radius 2 is 1.82 bits per heavy atom. The minimum atomic E-state index is -0.281. The van der Waals surface area contributed by atoms with Crippen LogP contribution in [0.2, 0.25) is 0 Å². The molecule has 0 aliphatic rings. The maximum Gasteiger partial charge on any atom is 0.220 e. The Bertz CT molecular complexity index is 876. The molecule has 0 aliphatic carbocycles. The molecule has 0 saturated carbocycles. The van der Waals surface area contributed by atoms with Gasteiger partial charge in [-0.25, -0.2) is 4.98 Å². The quantitative estimate of drug-likeness (QED) is 0.578. The van der Waals surface area contributed by atoms with Gasteiger partial charge < -0.3 is 19.4 Å². The minimum absolute atomic E-state index is 0.0322. The lowest BCUT2D eigenvalue weighted by atomic mass is 10.1. The highest BCUT2D eigenvalue weighted by molar-refractivity contribution is 5.76. The minimum Gasteiger partial charge on any atom is -0.497 e. The van der Waals surface area contributed by atoms with E-state index in [1.165, 1.54) is 0 Å². The molecular formula is C22H25N3O3. The van der Waals surface area contributed by atoms with E-state index in [2.05, 4.69) is 10.3 Å². The fourth-order valence-corrected chi connectivity index (χ4v) is 2.93. The number of hydrogen-bond acceptors (Lipinski definition) is 4.